The van der Waals surface area contributed by atoms with Crippen LogP contribution < -0.4 is 9.05 Å². The van der Waals surface area contributed by atoms with Crippen LogP contribution in [0, 0.1) is 69.2 Å². The van der Waals surface area contributed by atoms with Crippen molar-refractivity contribution < 1.29 is 18.5 Å². The van der Waals surface area contributed by atoms with Gasteiger partial charge in [0.2, 0.25) is 0 Å². The molecule has 202 valence electrons. The highest BCUT2D eigenvalue weighted by molar-refractivity contribution is 7.48. The fourth-order valence-electron chi connectivity index (χ4n) is 6.41. The van der Waals surface area contributed by atoms with Gasteiger partial charge in [-0.25, -0.2) is 4.57 Å². The van der Waals surface area contributed by atoms with E-state index in [2.05, 4.69) is 106 Å². The lowest BCUT2D eigenvalue weighted by Crippen LogP contribution is -2.02. The van der Waals surface area contributed by atoms with E-state index >= 15 is 0 Å². The van der Waals surface area contributed by atoms with Crippen molar-refractivity contribution in [2.75, 3.05) is 0 Å². The molecule has 0 fully saturated rings. The largest absolute Gasteiger partial charge is 0.584 e. The van der Waals surface area contributed by atoms with Crippen LogP contribution in [0.1, 0.15) is 55.6 Å². The lowest BCUT2D eigenvalue weighted by molar-refractivity contribution is 0.295. The number of hydrogen-bond acceptors (Lipinski definition) is 3. The lowest BCUT2D eigenvalue weighted by Gasteiger charge is -2.23. The van der Waals surface area contributed by atoms with Crippen molar-refractivity contribution >= 4 is 7.82 Å². The van der Waals surface area contributed by atoms with Crippen molar-refractivity contribution in [2.45, 2.75) is 69.2 Å². The van der Waals surface area contributed by atoms with Gasteiger partial charge in [-0.1, -0.05) is 35.4 Å². The fourth-order valence-corrected chi connectivity index (χ4v) is 7.29. The van der Waals surface area contributed by atoms with Gasteiger partial charge in [-0.3, -0.25) is 4.89 Å². The number of hydrogen-bond donors (Lipinski definition) is 1. The van der Waals surface area contributed by atoms with Gasteiger partial charge >= 0.3 is 7.82 Å². The minimum atomic E-state index is -4.54. The minimum absolute atomic E-state index is 0.398. The number of benzene rings is 4. The van der Waals surface area contributed by atoms with E-state index in [1.54, 1.807) is 0 Å². The first-order valence-electron chi connectivity index (χ1n) is 13.4. The second-order valence-corrected chi connectivity index (χ2v) is 12.6. The van der Waals surface area contributed by atoms with Crippen LogP contribution in [-0.4, -0.2) is 4.89 Å². The second-order valence-electron chi connectivity index (χ2n) is 11.3. The normalized spacial score (nSPS) is 13.7. The molecule has 1 aliphatic rings. The summed E-state index contributed by atoms with van der Waals surface area (Å²) in [6, 6.07) is 12.7. The molecule has 0 aliphatic carbocycles. The molecule has 0 spiro atoms. The van der Waals surface area contributed by atoms with E-state index in [9.17, 15) is 9.46 Å². The Hall–Kier alpha value is -3.33. The lowest BCUT2D eigenvalue weighted by atomic mass is 9.82. The van der Waals surface area contributed by atoms with Crippen molar-refractivity contribution in [1.29, 1.82) is 0 Å². The number of phosphoric acid groups is 1. The van der Waals surface area contributed by atoms with Gasteiger partial charge in [0.25, 0.3) is 0 Å². The van der Waals surface area contributed by atoms with E-state index in [4.69, 9.17) is 9.05 Å². The SMILES string of the molecule is Cc1cc(C)c(-c2cc(C)c(C)c3c2OP(=O)(O)Oc2c(-c4c(C)cc(C)cc4C)cc(C)c(C)c2-3)c(C)c1. The molecule has 5 heteroatoms. The smallest absolute Gasteiger partial charge is 0.394 e. The number of fused-ring (bicyclic) bond motifs is 3. The average molecular weight is 541 g/mol. The minimum Gasteiger partial charge on any atom is -0.394 e. The Kier molecular flexibility index (Phi) is 6.57. The molecule has 0 saturated carbocycles. The van der Waals surface area contributed by atoms with Gasteiger partial charge in [-0.05, 0) is 137 Å². The first-order chi connectivity index (χ1) is 18.2. The van der Waals surface area contributed by atoms with Crippen LogP contribution in [0.3, 0.4) is 0 Å². The first-order valence-corrected chi connectivity index (χ1v) is 14.9. The Balaban J connectivity index is 1.98. The summed E-state index contributed by atoms with van der Waals surface area (Å²) in [6.07, 6.45) is 0. The number of phosphoric ester groups is 1. The van der Waals surface area contributed by atoms with E-state index < -0.39 is 7.82 Å². The highest BCUT2D eigenvalue weighted by Crippen LogP contribution is 2.61. The van der Waals surface area contributed by atoms with Gasteiger partial charge < -0.3 is 9.05 Å². The third-order valence-electron chi connectivity index (χ3n) is 8.15. The Labute approximate surface area is 232 Å². The topological polar surface area (TPSA) is 55.8 Å². The van der Waals surface area contributed by atoms with E-state index in [1.165, 1.54) is 11.1 Å². The Bertz CT molecular complexity index is 1570. The molecular formula is C34H37O4P. The highest BCUT2D eigenvalue weighted by atomic mass is 31.2. The van der Waals surface area contributed by atoms with Gasteiger partial charge in [-0.2, -0.15) is 0 Å². The zero-order valence-corrected chi connectivity index (χ0v) is 25.5. The molecule has 0 atom stereocenters. The predicted octanol–water partition coefficient (Wildman–Crippen LogP) is 9.64. The summed E-state index contributed by atoms with van der Waals surface area (Å²) in [4.78, 5) is 11.2. The second kappa shape index (κ2) is 9.40. The summed E-state index contributed by atoms with van der Waals surface area (Å²) in [7, 11) is -4.54. The molecule has 1 heterocycles. The Morgan fingerprint density at radius 2 is 0.795 bits per heavy atom. The molecule has 4 aromatic rings. The summed E-state index contributed by atoms with van der Waals surface area (Å²) in [6.45, 7) is 20.7. The molecule has 0 bridgehead atoms. The Morgan fingerprint density at radius 1 is 0.487 bits per heavy atom. The van der Waals surface area contributed by atoms with Crippen LogP contribution in [0.4, 0.5) is 0 Å². The van der Waals surface area contributed by atoms with Crippen LogP contribution in [0.2, 0.25) is 0 Å². The molecular weight excluding hydrogens is 503 g/mol. The summed E-state index contributed by atoms with van der Waals surface area (Å²) in [5, 5.41) is 0. The molecule has 4 nitrogen and oxygen atoms in total. The van der Waals surface area contributed by atoms with E-state index in [-0.39, 0.29) is 0 Å². The summed E-state index contributed by atoms with van der Waals surface area (Å²) < 4.78 is 25.8. The maximum Gasteiger partial charge on any atom is 0.584 e. The predicted molar refractivity (Wildman–Crippen MR) is 161 cm³/mol. The Morgan fingerprint density at radius 3 is 1.10 bits per heavy atom. The van der Waals surface area contributed by atoms with Crippen LogP contribution in [0.15, 0.2) is 36.4 Å². The van der Waals surface area contributed by atoms with Gasteiger partial charge in [0, 0.05) is 22.3 Å². The van der Waals surface area contributed by atoms with E-state index in [1.807, 2.05) is 0 Å². The molecule has 4 aromatic carbocycles. The summed E-state index contributed by atoms with van der Waals surface area (Å²) in [5.74, 6) is 0.796. The van der Waals surface area contributed by atoms with Gasteiger partial charge in [-0.15, -0.1) is 0 Å². The molecule has 0 aromatic heterocycles. The number of rotatable bonds is 2. The van der Waals surface area contributed by atoms with E-state index in [0.717, 1.165) is 77.9 Å². The third kappa shape index (κ3) is 4.50. The van der Waals surface area contributed by atoms with Crippen LogP contribution in [0.5, 0.6) is 11.5 Å². The highest BCUT2D eigenvalue weighted by Gasteiger charge is 2.38. The number of aryl methyl sites for hydroxylation is 8. The van der Waals surface area contributed by atoms with Gasteiger partial charge in [0.05, 0.1) is 0 Å². The standard InChI is InChI=1S/C34H37O4P/c1-17-11-21(5)29(22(6)12-17)27-15-19(3)25(9)31-32-26(10)20(4)16-28(30-23(7)13-18(2)14-24(30)8)34(32)38-39(35,36)37-33(27)31/h11-16H,1-10H3,(H,35,36). The zero-order valence-electron chi connectivity index (χ0n) is 24.6. The van der Waals surface area contributed by atoms with Crippen LogP contribution >= 0.6 is 7.82 Å². The molecule has 1 N–H and O–H groups in total. The third-order valence-corrected chi connectivity index (χ3v) is 8.98. The van der Waals surface area contributed by atoms with Crippen molar-refractivity contribution in [1.82, 2.24) is 0 Å². The van der Waals surface area contributed by atoms with Gasteiger partial charge in [0.15, 0.2) is 0 Å². The maximum atomic E-state index is 13.7. The van der Waals surface area contributed by atoms with Crippen LogP contribution in [0.25, 0.3) is 33.4 Å². The molecule has 0 unspecified atom stereocenters. The van der Waals surface area contributed by atoms with Crippen molar-refractivity contribution in [3.8, 4) is 44.9 Å². The molecule has 0 saturated heterocycles. The molecule has 5 rings (SSSR count). The monoisotopic (exact) mass is 540 g/mol. The van der Waals surface area contributed by atoms with Crippen molar-refractivity contribution in [3.05, 3.63) is 92.0 Å². The molecule has 0 amide bonds. The summed E-state index contributed by atoms with van der Waals surface area (Å²) in [5.41, 5.74) is 16.1. The maximum absolute atomic E-state index is 13.7. The summed E-state index contributed by atoms with van der Waals surface area (Å²) >= 11 is 0. The molecule has 39 heavy (non-hydrogen) atoms. The van der Waals surface area contributed by atoms with Crippen LogP contribution in [-0.2, 0) is 4.57 Å². The van der Waals surface area contributed by atoms with Crippen molar-refractivity contribution in [3.63, 3.8) is 0 Å². The van der Waals surface area contributed by atoms with Crippen molar-refractivity contribution in [2.24, 2.45) is 0 Å². The molecule has 0 radical (unpaired) electrons. The van der Waals surface area contributed by atoms with E-state index in [0.29, 0.717) is 11.5 Å². The quantitative estimate of drug-likeness (QED) is 0.257. The average Bonchev–Trinajstić information content (AvgIpc) is 2.92. The molecule has 1 aliphatic heterocycles. The first kappa shape index (κ1) is 27.2. The van der Waals surface area contributed by atoms with Gasteiger partial charge in [0.1, 0.15) is 11.5 Å². The fraction of sp³-hybridized carbons (Fsp3) is 0.294. The zero-order chi connectivity index (χ0) is 28.5.